The highest BCUT2D eigenvalue weighted by Crippen LogP contribution is 2.23. The van der Waals surface area contributed by atoms with Gasteiger partial charge in [0.25, 0.3) is 5.91 Å². The molecule has 1 aliphatic heterocycles. The van der Waals surface area contributed by atoms with E-state index in [-0.39, 0.29) is 22.9 Å². The summed E-state index contributed by atoms with van der Waals surface area (Å²) in [5.74, 6) is 0.340. The first-order valence-electron chi connectivity index (χ1n) is 9.54. The molecule has 144 valence electrons. The number of likely N-dealkylation sites (tertiary alicyclic amines) is 1. The number of nitrogens with one attached hydrogen (secondary N) is 1. The van der Waals surface area contributed by atoms with Gasteiger partial charge in [-0.1, -0.05) is 18.9 Å². The van der Waals surface area contributed by atoms with Crippen LogP contribution < -0.4 is 10.5 Å². The average Bonchev–Trinajstić information content (AvgIpc) is 3.13. The first-order chi connectivity index (χ1) is 12.4. The van der Waals surface area contributed by atoms with Crippen LogP contribution in [-0.4, -0.2) is 44.4 Å². The molecule has 3 rings (SSSR count). The molecule has 1 amide bonds. The van der Waals surface area contributed by atoms with Crippen LogP contribution in [0.2, 0.25) is 0 Å². The lowest BCUT2D eigenvalue weighted by atomic mass is 9.90. The summed E-state index contributed by atoms with van der Waals surface area (Å²) in [6.07, 6.45) is 5.67. The maximum Gasteiger partial charge on any atom is 0.253 e. The lowest BCUT2D eigenvalue weighted by Crippen LogP contribution is -2.42. The highest BCUT2D eigenvalue weighted by Gasteiger charge is 2.27. The molecule has 1 aromatic rings. The first-order valence-corrected chi connectivity index (χ1v) is 11.0. The largest absolute Gasteiger partial charge is 0.339 e. The van der Waals surface area contributed by atoms with Crippen molar-refractivity contribution in [3.05, 3.63) is 29.8 Å². The highest BCUT2D eigenvalue weighted by atomic mass is 32.2. The van der Waals surface area contributed by atoms with Crippen LogP contribution in [0.3, 0.4) is 0 Å². The van der Waals surface area contributed by atoms with Crippen molar-refractivity contribution in [1.82, 2.24) is 9.62 Å². The molecule has 1 atom stereocenters. The third kappa shape index (κ3) is 4.45. The van der Waals surface area contributed by atoms with Crippen molar-refractivity contribution in [3.63, 3.8) is 0 Å². The number of benzene rings is 1. The summed E-state index contributed by atoms with van der Waals surface area (Å²) in [7, 11) is -3.59. The molecule has 2 aliphatic rings. The maximum absolute atomic E-state index is 12.8. The van der Waals surface area contributed by atoms with E-state index >= 15 is 0 Å². The molecule has 0 radical (unpaired) electrons. The number of piperidine rings is 1. The van der Waals surface area contributed by atoms with Crippen LogP contribution in [-0.2, 0) is 10.0 Å². The standard InChI is InChI=1S/C19H29N3O3S/c1-14(20)15-9-11-22(12-10-15)19(23)16-5-4-8-18(13-16)26(24,25)21-17-6-2-3-7-17/h4-5,8,13-15,17,21H,2-3,6-7,9-12,20H2,1H3. The van der Waals surface area contributed by atoms with Gasteiger partial charge in [0.05, 0.1) is 4.90 Å². The van der Waals surface area contributed by atoms with Crippen molar-refractivity contribution < 1.29 is 13.2 Å². The molecule has 0 bridgehead atoms. The molecule has 1 heterocycles. The molecule has 1 unspecified atom stereocenters. The number of sulfonamides is 1. The fourth-order valence-electron chi connectivity index (χ4n) is 3.94. The van der Waals surface area contributed by atoms with Gasteiger partial charge in [0, 0.05) is 30.7 Å². The Morgan fingerprint density at radius 2 is 1.85 bits per heavy atom. The Bertz CT molecular complexity index is 734. The molecule has 0 aromatic heterocycles. The number of hydrogen-bond acceptors (Lipinski definition) is 4. The monoisotopic (exact) mass is 379 g/mol. The second kappa shape index (κ2) is 8.06. The smallest absolute Gasteiger partial charge is 0.253 e. The number of nitrogens with zero attached hydrogens (tertiary/aromatic N) is 1. The summed E-state index contributed by atoms with van der Waals surface area (Å²) in [6.45, 7) is 3.35. The number of hydrogen-bond donors (Lipinski definition) is 2. The van der Waals surface area contributed by atoms with Crippen LogP contribution in [0.1, 0.15) is 55.8 Å². The molecule has 6 nitrogen and oxygen atoms in total. The summed E-state index contributed by atoms with van der Waals surface area (Å²) in [5, 5.41) is 0. The predicted octanol–water partition coefficient (Wildman–Crippen LogP) is 2.11. The number of carbonyl (C=O) groups is 1. The van der Waals surface area contributed by atoms with Crippen molar-refractivity contribution in [3.8, 4) is 0 Å². The van der Waals surface area contributed by atoms with Gasteiger partial charge in [0.2, 0.25) is 10.0 Å². The number of rotatable bonds is 5. The van der Waals surface area contributed by atoms with Gasteiger partial charge >= 0.3 is 0 Å². The van der Waals surface area contributed by atoms with Crippen molar-refractivity contribution in [2.24, 2.45) is 11.7 Å². The maximum atomic E-state index is 12.8. The van der Waals surface area contributed by atoms with Crippen LogP contribution >= 0.6 is 0 Å². The van der Waals surface area contributed by atoms with Crippen LogP contribution in [0.25, 0.3) is 0 Å². The molecule has 1 aliphatic carbocycles. The van der Waals surface area contributed by atoms with Crippen molar-refractivity contribution in [2.75, 3.05) is 13.1 Å². The fourth-order valence-corrected chi connectivity index (χ4v) is 5.29. The average molecular weight is 380 g/mol. The molecular formula is C19H29N3O3S. The fraction of sp³-hybridized carbons (Fsp3) is 0.632. The van der Waals surface area contributed by atoms with Crippen LogP contribution in [0.4, 0.5) is 0 Å². The van der Waals surface area contributed by atoms with Gasteiger partial charge in [-0.05, 0) is 56.7 Å². The summed E-state index contributed by atoms with van der Waals surface area (Å²) >= 11 is 0. The summed E-state index contributed by atoms with van der Waals surface area (Å²) in [5.41, 5.74) is 6.39. The zero-order valence-corrected chi connectivity index (χ0v) is 16.2. The van der Waals surface area contributed by atoms with Gasteiger partial charge in [-0.15, -0.1) is 0 Å². The van der Waals surface area contributed by atoms with Gasteiger partial charge in [0.15, 0.2) is 0 Å². The molecule has 0 spiro atoms. The van der Waals surface area contributed by atoms with E-state index in [1.54, 1.807) is 23.1 Å². The second-order valence-electron chi connectivity index (χ2n) is 7.62. The van der Waals surface area contributed by atoms with Crippen LogP contribution in [0.5, 0.6) is 0 Å². The van der Waals surface area contributed by atoms with Gasteiger partial charge in [-0.25, -0.2) is 13.1 Å². The molecule has 2 fully saturated rings. The first kappa shape index (κ1) is 19.3. The van der Waals surface area contributed by atoms with E-state index in [1.807, 2.05) is 6.92 Å². The van der Waals surface area contributed by atoms with E-state index in [4.69, 9.17) is 5.73 Å². The molecule has 3 N–H and O–H groups in total. The van der Waals surface area contributed by atoms with Gasteiger partial charge in [-0.3, -0.25) is 4.79 Å². The second-order valence-corrected chi connectivity index (χ2v) is 9.33. The summed E-state index contributed by atoms with van der Waals surface area (Å²) in [4.78, 5) is 14.7. The SMILES string of the molecule is CC(N)C1CCN(C(=O)c2cccc(S(=O)(=O)NC3CCCC3)c2)CC1. The van der Waals surface area contributed by atoms with Crippen molar-refractivity contribution in [1.29, 1.82) is 0 Å². The predicted molar refractivity (Wildman–Crippen MR) is 101 cm³/mol. The molecule has 7 heteroatoms. The third-order valence-corrected chi connectivity index (χ3v) is 7.16. The van der Waals surface area contributed by atoms with Crippen molar-refractivity contribution in [2.45, 2.75) is 62.4 Å². The molecule has 1 saturated heterocycles. The number of amides is 1. The van der Waals surface area contributed by atoms with E-state index in [2.05, 4.69) is 4.72 Å². The topological polar surface area (TPSA) is 92.5 Å². The Morgan fingerprint density at radius 3 is 2.46 bits per heavy atom. The van der Waals surface area contributed by atoms with Gasteiger partial charge < -0.3 is 10.6 Å². The van der Waals surface area contributed by atoms with Gasteiger partial charge in [0.1, 0.15) is 0 Å². The summed E-state index contributed by atoms with van der Waals surface area (Å²) in [6, 6.07) is 6.53. The molecule has 26 heavy (non-hydrogen) atoms. The quantitative estimate of drug-likeness (QED) is 0.819. The highest BCUT2D eigenvalue weighted by molar-refractivity contribution is 7.89. The zero-order valence-electron chi connectivity index (χ0n) is 15.4. The van der Waals surface area contributed by atoms with E-state index in [0.29, 0.717) is 24.6 Å². The lowest BCUT2D eigenvalue weighted by Gasteiger charge is -2.33. The van der Waals surface area contributed by atoms with E-state index in [1.165, 1.54) is 6.07 Å². The van der Waals surface area contributed by atoms with E-state index in [9.17, 15) is 13.2 Å². The lowest BCUT2D eigenvalue weighted by molar-refractivity contribution is 0.0680. The van der Waals surface area contributed by atoms with E-state index < -0.39 is 10.0 Å². The van der Waals surface area contributed by atoms with Crippen molar-refractivity contribution >= 4 is 15.9 Å². The Morgan fingerprint density at radius 1 is 1.19 bits per heavy atom. The third-order valence-electron chi connectivity index (χ3n) is 5.64. The minimum absolute atomic E-state index is 0.0108. The van der Waals surface area contributed by atoms with Crippen LogP contribution in [0, 0.1) is 5.92 Å². The Kier molecular flexibility index (Phi) is 5.99. The van der Waals surface area contributed by atoms with Crippen LogP contribution in [0.15, 0.2) is 29.2 Å². The number of carbonyl (C=O) groups excluding carboxylic acids is 1. The number of nitrogens with two attached hydrogens (primary N) is 1. The molecule has 1 aromatic carbocycles. The zero-order chi connectivity index (χ0) is 18.7. The Labute approximate surface area is 156 Å². The normalized spacial score (nSPS) is 21.1. The Hall–Kier alpha value is -1.44. The van der Waals surface area contributed by atoms with Gasteiger partial charge in [-0.2, -0.15) is 0 Å². The molecular weight excluding hydrogens is 350 g/mol. The Balaban J connectivity index is 1.69. The molecule has 1 saturated carbocycles. The van der Waals surface area contributed by atoms with E-state index in [0.717, 1.165) is 38.5 Å². The minimum atomic E-state index is -3.59. The minimum Gasteiger partial charge on any atom is -0.339 e. The summed E-state index contributed by atoms with van der Waals surface area (Å²) < 4.78 is 28.0.